The zero-order valence-corrected chi connectivity index (χ0v) is 17.1. The SMILES string of the molecule is Cc1ccc(C(C)NC(=O)CN2CCN(C(=O)C(C)(C)C)CC2)cc1C. The van der Waals surface area contributed by atoms with Crippen molar-refractivity contribution in [3.63, 3.8) is 0 Å². The number of carbonyl (C=O) groups excluding carboxylic acids is 2. The molecule has 2 amide bonds. The van der Waals surface area contributed by atoms with Crippen LogP contribution in [0.15, 0.2) is 18.2 Å². The summed E-state index contributed by atoms with van der Waals surface area (Å²) in [6.07, 6.45) is 0. The molecule has 144 valence electrons. The second-order valence-electron chi connectivity index (χ2n) is 8.45. The Morgan fingerprint density at radius 1 is 1.08 bits per heavy atom. The van der Waals surface area contributed by atoms with E-state index in [2.05, 4.69) is 42.3 Å². The maximum atomic E-state index is 12.4. The predicted octanol–water partition coefficient (Wildman–Crippen LogP) is 2.67. The van der Waals surface area contributed by atoms with Crippen LogP contribution in [0, 0.1) is 19.3 Å². The Morgan fingerprint density at radius 3 is 2.23 bits per heavy atom. The van der Waals surface area contributed by atoms with Gasteiger partial charge in [0.25, 0.3) is 0 Å². The van der Waals surface area contributed by atoms with Crippen LogP contribution in [-0.4, -0.2) is 54.3 Å². The molecule has 0 bridgehead atoms. The van der Waals surface area contributed by atoms with Crippen molar-refractivity contribution in [3.05, 3.63) is 34.9 Å². The summed E-state index contributed by atoms with van der Waals surface area (Å²) >= 11 is 0. The van der Waals surface area contributed by atoms with Crippen molar-refractivity contribution in [1.82, 2.24) is 15.1 Å². The minimum Gasteiger partial charge on any atom is -0.348 e. The second kappa shape index (κ2) is 8.21. The normalized spacial score (nSPS) is 17.1. The maximum absolute atomic E-state index is 12.4. The Balaban J connectivity index is 1.82. The molecule has 0 aromatic heterocycles. The van der Waals surface area contributed by atoms with E-state index in [0.29, 0.717) is 19.6 Å². The lowest BCUT2D eigenvalue weighted by Crippen LogP contribution is -2.53. The van der Waals surface area contributed by atoms with Crippen molar-refractivity contribution in [3.8, 4) is 0 Å². The van der Waals surface area contributed by atoms with Gasteiger partial charge in [0.15, 0.2) is 0 Å². The second-order valence-corrected chi connectivity index (χ2v) is 8.45. The van der Waals surface area contributed by atoms with Gasteiger partial charge in [-0.05, 0) is 37.5 Å². The van der Waals surface area contributed by atoms with Gasteiger partial charge in [0.2, 0.25) is 11.8 Å². The first-order valence-corrected chi connectivity index (χ1v) is 9.46. The molecule has 0 radical (unpaired) electrons. The summed E-state index contributed by atoms with van der Waals surface area (Å²) in [5.74, 6) is 0.219. The van der Waals surface area contributed by atoms with Gasteiger partial charge in [-0.3, -0.25) is 14.5 Å². The number of piperazine rings is 1. The third-order valence-corrected chi connectivity index (χ3v) is 5.08. The summed E-state index contributed by atoms with van der Waals surface area (Å²) in [4.78, 5) is 28.7. The number of amides is 2. The molecule has 2 rings (SSSR count). The highest BCUT2D eigenvalue weighted by Gasteiger charge is 2.30. The van der Waals surface area contributed by atoms with Crippen LogP contribution in [0.2, 0.25) is 0 Å². The molecular weight excluding hydrogens is 326 g/mol. The number of benzene rings is 1. The molecule has 26 heavy (non-hydrogen) atoms. The summed E-state index contributed by atoms with van der Waals surface area (Å²) in [5.41, 5.74) is 3.28. The number of rotatable bonds is 4. The topological polar surface area (TPSA) is 52.7 Å². The van der Waals surface area contributed by atoms with E-state index in [9.17, 15) is 9.59 Å². The largest absolute Gasteiger partial charge is 0.348 e. The van der Waals surface area contributed by atoms with Gasteiger partial charge in [-0.2, -0.15) is 0 Å². The number of carbonyl (C=O) groups is 2. The first kappa shape index (κ1) is 20.4. The van der Waals surface area contributed by atoms with Gasteiger partial charge >= 0.3 is 0 Å². The van der Waals surface area contributed by atoms with E-state index in [1.165, 1.54) is 11.1 Å². The summed E-state index contributed by atoms with van der Waals surface area (Å²) in [6.45, 7) is 15.3. The fourth-order valence-corrected chi connectivity index (χ4v) is 3.19. The number of hydrogen-bond donors (Lipinski definition) is 1. The molecule has 5 heteroatoms. The molecule has 5 nitrogen and oxygen atoms in total. The third kappa shape index (κ3) is 5.31. The van der Waals surface area contributed by atoms with Gasteiger partial charge in [0, 0.05) is 31.6 Å². The average molecular weight is 360 g/mol. The highest BCUT2D eigenvalue weighted by Crippen LogP contribution is 2.19. The lowest BCUT2D eigenvalue weighted by Gasteiger charge is -2.37. The summed E-state index contributed by atoms with van der Waals surface area (Å²) in [5, 5.41) is 3.09. The standard InChI is InChI=1S/C21H33N3O2/c1-15-7-8-18(13-16(15)2)17(3)22-19(25)14-23-9-11-24(12-10-23)20(26)21(4,5)6/h7-8,13,17H,9-12,14H2,1-6H3,(H,22,25). The quantitative estimate of drug-likeness (QED) is 0.899. The predicted molar refractivity (Wildman–Crippen MR) is 105 cm³/mol. The smallest absolute Gasteiger partial charge is 0.234 e. The van der Waals surface area contributed by atoms with Crippen LogP contribution in [0.4, 0.5) is 0 Å². The molecule has 1 aromatic rings. The lowest BCUT2D eigenvalue weighted by molar-refractivity contribution is -0.141. The Kier molecular flexibility index (Phi) is 6.45. The Morgan fingerprint density at radius 2 is 1.69 bits per heavy atom. The molecule has 1 heterocycles. The van der Waals surface area contributed by atoms with Crippen LogP contribution < -0.4 is 5.32 Å². The molecule has 0 saturated carbocycles. The first-order chi connectivity index (χ1) is 12.1. The molecule has 0 spiro atoms. The van der Waals surface area contributed by atoms with Crippen molar-refractivity contribution in [2.75, 3.05) is 32.7 Å². The van der Waals surface area contributed by atoms with Crippen LogP contribution in [0.5, 0.6) is 0 Å². The van der Waals surface area contributed by atoms with Crippen LogP contribution in [0.3, 0.4) is 0 Å². The van der Waals surface area contributed by atoms with E-state index in [1.807, 2.05) is 32.6 Å². The van der Waals surface area contributed by atoms with E-state index in [0.717, 1.165) is 18.7 Å². The number of hydrogen-bond acceptors (Lipinski definition) is 3. The van der Waals surface area contributed by atoms with E-state index >= 15 is 0 Å². The highest BCUT2D eigenvalue weighted by atomic mass is 16.2. The van der Waals surface area contributed by atoms with Gasteiger partial charge in [0.1, 0.15) is 0 Å². The van der Waals surface area contributed by atoms with Gasteiger partial charge < -0.3 is 10.2 Å². The monoisotopic (exact) mass is 359 g/mol. The van der Waals surface area contributed by atoms with E-state index < -0.39 is 0 Å². The molecule has 1 aromatic carbocycles. The fraction of sp³-hybridized carbons (Fsp3) is 0.619. The molecule has 1 unspecified atom stereocenters. The minimum absolute atomic E-state index is 0.00874. The molecular formula is C21H33N3O2. The Labute approximate surface area is 157 Å². The molecule has 1 aliphatic heterocycles. The third-order valence-electron chi connectivity index (χ3n) is 5.08. The number of aryl methyl sites for hydroxylation is 2. The van der Waals surface area contributed by atoms with Gasteiger partial charge in [-0.25, -0.2) is 0 Å². The zero-order chi connectivity index (χ0) is 19.5. The summed E-state index contributed by atoms with van der Waals surface area (Å²) in [7, 11) is 0. The van der Waals surface area contributed by atoms with Crippen molar-refractivity contribution < 1.29 is 9.59 Å². The van der Waals surface area contributed by atoms with Crippen molar-refractivity contribution in [1.29, 1.82) is 0 Å². The van der Waals surface area contributed by atoms with Crippen LogP contribution in [-0.2, 0) is 9.59 Å². The van der Waals surface area contributed by atoms with Gasteiger partial charge in [-0.1, -0.05) is 39.0 Å². The molecule has 1 fully saturated rings. The summed E-state index contributed by atoms with van der Waals surface area (Å²) < 4.78 is 0. The van der Waals surface area contributed by atoms with E-state index in [4.69, 9.17) is 0 Å². The lowest BCUT2D eigenvalue weighted by atomic mass is 9.94. The molecule has 0 aliphatic carbocycles. The molecule has 1 saturated heterocycles. The zero-order valence-electron chi connectivity index (χ0n) is 17.1. The van der Waals surface area contributed by atoms with Crippen LogP contribution in [0.1, 0.15) is 50.4 Å². The molecule has 1 N–H and O–H groups in total. The van der Waals surface area contributed by atoms with Crippen LogP contribution in [0.25, 0.3) is 0 Å². The Bertz CT molecular complexity index is 656. The average Bonchev–Trinajstić information content (AvgIpc) is 2.56. The van der Waals surface area contributed by atoms with Crippen molar-refractivity contribution in [2.45, 2.75) is 47.6 Å². The van der Waals surface area contributed by atoms with Crippen molar-refractivity contribution in [2.24, 2.45) is 5.41 Å². The van der Waals surface area contributed by atoms with Crippen molar-refractivity contribution >= 4 is 11.8 Å². The molecule has 1 aliphatic rings. The van der Waals surface area contributed by atoms with Crippen LogP contribution >= 0.6 is 0 Å². The number of nitrogens with zero attached hydrogens (tertiary/aromatic N) is 2. The minimum atomic E-state index is -0.346. The molecule has 1 atom stereocenters. The highest BCUT2D eigenvalue weighted by molar-refractivity contribution is 5.81. The Hall–Kier alpha value is -1.88. The summed E-state index contributed by atoms with van der Waals surface area (Å²) in [6, 6.07) is 6.30. The van der Waals surface area contributed by atoms with Gasteiger partial charge in [0.05, 0.1) is 12.6 Å². The first-order valence-electron chi connectivity index (χ1n) is 9.46. The van der Waals surface area contributed by atoms with E-state index in [-0.39, 0.29) is 23.3 Å². The fourth-order valence-electron chi connectivity index (χ4n) is 3.19. The maximum Gasteiger partial charge on any atom is 0.234 e. The number of nitrogens with one attached hydrogen (secondary N) is 1. The van der Waals surface area contributed by atoms with E-state index in [1.54, 1.807) is 0 Å². The van der Waals surface area contributed by atoms with Gasteiger partial charge in [-0.15, -0.1) is 0 Å².